The molecule has 0 aliphatic carbocycles. The number of fused-ring (bicyclic) bond motifs is 1. The maximum Gasteiger partial charge on any atom is 0.0453 e. The van der Waals surface area contributed by atoms with E-state index in [4.69, 9.17) is 5.53 Å². The van der Waals surface area contributed by atoms with E-state index >= 15 is 0 Å². The zero-order chi connectivity index (χ0) is 11.5. The van der Waals surface area contributed by atoms with E-state index in [0.717, 1.165) is 5.39 Å². The van der Waals surface area contributed by atoms with Gasteiger partial charge in [0.15, 0.2) is 0 Å². The molecule has 0 aromatic heterocycles. The van der Waals surface area contributed by atoms with E-state index in [2.05, 4.69) is 29.9 Å². The van der Waals surface area contributed by atoms with Crippen LogP contribution in [0.2, 0.25) is 0 Å². The van der Waals surface area contributed by atoms with Gasteiger partial charge in [-0.15, -0.1) is 0 Å². The zero-order valence-corrected chi connectivity index (χ0v) is 9.38. The number of nitrogens with zero attached hydrogens (tertiary/aromatic N) is 3. The van der Waals surface area contributed by atoms with Crippen molar-refractivity contribution in [3.05, 3.63) is 52.4 Å². The minimum Gasteiger partial charge on any atom is -0.0616 e. The van der Waals surface area contributed by atoms with Crippen LogP contribution >= 0.6 is 0 Å². The van der Waals surface area contributed by atoms with Gasteiger partial charge in [0.1, 0.15) is 0 Å². The maximum atomic E-state index is 8.52. The maximum absolute atomic E-state index is 8.52. The first-order chi connectivity index (χ1) is 7.74. The third kappa shape index (κ3) is 1.73. The average molecular weight is 211 g/mol. The van der Waals surface area contributed by atoms with E-state index in [1.165, 1.54) is 10.9 Å². The zero-order valence-electron chi connectivity index (χ0n) is 9.38. The monoisotopic (exact) mass is 211 g/mol. The van der Waals surface area contributed by atoms with Crippen LogP contribution in [-0.2, 0) is 0 Å². The summed E-state index contributed by atoms with van der Waals surface area (Å²) in [5.74, 6) is 0.463. The molecule has 2 aromatic carbocycles. The molecule has 0 aliphatic heterocycles. The highest BCUT2D eigenvalue weighted by molar-refractivity contribution is 5.95. The average Bonchev–Trinajstić information content (AvgIpc) is 2.29. The molecule has 3 nitrogen and oxygen atoms in total. The van der Waals surface area contributed by atoms with Crippen LogP contribution in [0.25, 0.3) is 21.2 Å². The van der Waals surface area contributed by atoms with Gasteiger partial charge in [-0.25, -0.2) is 0 Å². The number of azide groups is 1. The fourth-order valence-corrected chi connectivity index (χ4v) is 1.95. The van der Waals surface area contributed by atoms with Crippen LogP contribution in [0.1, 0.15) is 25.3 Å². The predicted octanol–water partition coefficient (Wildman–Crippen LogP) is 4.91. The van der Waals surface area contributed by atoms with Crippen LogP contribution in [0.5, 0.6) is 0 Å². The topological polar surface area (TPSA) is 48.8 Å². The number of benzene rings is 2. The van der Waals surface area contributed by atoms with Crippen molar-refractivity contribution in [2.24, 2.45) is 5.11 Å². The van der Waals surface area contributed by atoms with Gasteiger partial charge in [0.05, 0.1) is 0 Å². The van der Waals surface area contributed by atoms with E-state index < -0.39 is 0 Å². The van der Waals surface area contributed by atoms with E-state index in [0.29, 0.717) is 11.6 Å². The third-order valence-electron chi connectivity index (χ3n) is 2.71. The summed E-state index contributed by atoms with van der Waals surface area (Å²) in [6, 6.07) is 12.0. The summed E-state index contributed by atoms with van der Waals surface area (Å²) in [6.45, 7) is 4.32. The van der Waals surface area contributed by atoms with E-state index in [9.17, 15) is 0 Å². The molecule has 3 heteroatoms. The third-order valence-corrected chi connectivity index (χ3v) is 2.71. The molecule has 0 radical (unpaired) electrons. The van der Waals surface area contributed by atoms with Crippen LogP contribution in [0, 0.1) is 0 Å². The van der Waals surface area contributed by atoms with Gasteiger partial charge >= 0.3 is 0 Å². The van der Waals surface area contributed by atoms with Gasteiger partial charge in [-0.3, -0.25) is 0 Å². The van der Waals surface area contributed by atoms with Crippen molar-refractivity contribution < 1.29 is 0 Å². The number of rotatable bonds is 2. The standard InChI is InChI=1S/C13H13N3/c1-9(2)10-7-8-13(15-16-14)12-6-4-3-5-11(10)12/h3-9H,1-2H3. The summed E-state index contributed by atoms with van der Waals surface area (Å²) in [7, 11) is 0. The van der Waals surface area contributed by atoms with E-state index in [1.54, 1.807) is 0 Å². The Kier molecular flexibility index (Phi) is 2.80. The fraction of sp³-hybridized carbons (Fsp3) is 0.231. The van der Waals surface area contributed by atoms with Crippen LogP contribution in [0.15, 0.2) is 41.5 Å². The Labute approximate surface area is 94.3 Å². The van der Waals surface area contributed by atoms with Crippen molar-refractivity contribution in [2.75, 3.05) is 0 Å². The molecule has 80 valence electrons. The van der Waals surface area contributed by atoms with Crippen molar-refractivity contribution in [1.29, 1.82) is 0 Å². The first-order valence-corrected chi connectivity index (χ1v) is 5.31. The molecule has 0 atom stereocenters. The molecule has 2 aromatic rings. The Morgan fingerprint density at radius 2 is 1.75 bits per heavy atom. The SMILES string of the molecule is CC(C)c1ccc(N=[N+]=[N-])c2ccccc12. The summed E-state index contributed by atoms with van der Waals surface area (Å²) in [5.41, 5.74) is 10.5. The Morgan fingerprint density at radius 3 is 2.38 bits per heavy atom. The predicted molar refractivity (Wildman–Crippen MR) is 66.8 cm³/mol. The molecular formula is C13H13N3. The quantitative estimate of drug-likeness (QED) is 0.385. The summed E-state index contributed by atoms with van der Waals surface area (Å²) in [6.07, 6.45) is 0. The molecule has 0 N–H and O–H groups in total. The Morgan fingerprint density at radius 1 is 1.06 bits per heavy atom. The molecule has 0 saturated carbocycles. The molecule has 0 aliphatic rings. The summed E-state index contributed by atoms with van der Waals surface area (Å²) in [4.78, 5) is 2.86. The smallest absolute Gasteiger partial charge is 0.0453 e. The summed E-state index contributed by atoms with van der Waals surface area (Å²) in [5, 5.41) is 5.90. The highest BCUT2D eigenvalue weighted by atomic mass is 15.1. The fourth-order valence-electron chi connectivity index (χ4n) is 1.95. The highest BCUT2D eigenvalue weighted by Gasteiger charge is 2.06. The molecule has 2 rings (SSSR count). The number of hydrogen-bond acceptors (Lipinski definition) is 1. The molecule has 0 bridgehead atoms. The molecule has 0 fully saturated rings. The Hall–Kier alpha value is -1.99. The molecular weight excluding hydrogens is 198 g/mol. The van der Waals surface area contributed by atoms with Gasteiger partial charge in [0.2, 0.25) is 0 Å². The van der Waals surface area contributed by atoms with Gasteiger partial charge in [-0.05, 0) is 27.8 Å². The molecule has 0 spiro atoms. The lowest BCUT2D eigenvalue weighted by Gasteiger charge is -2.11. The Balaban J connectivity index is 2.81. The van der Waals surface area contributed by atoms with E-state index in [1.807, 2.05) is 30.3 Å². The molecule has 0 amide bonds. The minimum atomic E-state index is 0.463. The molecule has 0 heterocycles. The second-order valence-corrected chi connectivity index (χ2v) is 4.06. The van der Waals surface area contributed by atoms with Crippen LogP contribution in [0.4, 0.5) is 5.69 Å². The van der Waals surface area contributed by atoms with Crippen molar-refractivity contribution in [2.45, 2.75) is 19.8 Å². The Bertz CT molecular complexity index is 566. The second kappa shape index (κ2) is 4.25. The largest absolute Gasteiger partial charge is 0.0616 e. The number of hydrogen-bond donors (Lipinski definition) is 0. The molecule has 0 saturated heterocycles. The van der Waals surface area contributed by atoms with Crippen LogP contribution in [-0.4, -0.2) is 0 Å². The lowest BCUT2D eigenvalue weighted by atomic mass is 9.95. The first kappa shape index (κ1) is 10.5. The minimum absolute atomic E-state index is 0.463. The lowest BCUT2D eigenvalue weighted by molar-refractivity contribution is 0.876. The lowest BCUT2D eigenvalue weighted by Crippen LogP contribution is -1.88. The van der Waals surface area contributed by atoms with Gasteiger partial charge in [0, 0.05) is 10.6 Å². The molecule has 0 unspecified atom stereocenters. The summed E-state index contributed by atoms with van der Waals surface area (Å²) < 4.78 is 0. The van der Waals surface area contributed by atoms with Crippen LogP contribution < -0.4 is 0 Å². The van der Waals surface area contributed by atoms with Crippen molar-refractivity contribution >= 4 is 16.5 Å². The van der Waals surface area contributed by atoms with Gasteiger partial charge in [-0.1, -0.05) is 55.4 Å². The van der Waals surface area contributed by atoms with Crippen molar-refractivity contribution in [3.8, 4) is 0 Å². The van der Waals surface area contributed by atoms with Gasteiger partial charge in [-0.2, -0.15) is 0 Å². The normalized spacial score (nSPS) is 10.4. The van der Waals surface area contributed by atoms with Gasteiger partial charge in [0.25, 0.3) is 0 Å². The van der Waals surface area contributed by atoms with Crippen molar-refractivity contribution in [1.82, 2.24) is 0 Å². The summed E-state index contributed by atoms with van der Waals surface area (Å²) >= 11 is 0. The first-order valence-electron chi connectivity index (χ1n) is 5.31. The van der Waals surface area contributed by atoms with E-state index in [-0.39, 0.29) is 0 Å². The molecule has 16 heavy (non-hydrogen) atoms. The second-order valence-electron chi connectivity index (χ2n) is 4.06. The van der Waals surface area contributed by atoms with Crippen LogP contribution in [0.3, 0.4) is 0 Å². The van der Waals surface area contributed by atoms with Crippen molar-refractivity contribution in [3.63, 3.8) is 0 Å². The highest BCUT2D eigenvalue weighted by Crippen LogP contribution is 2.32. The van der Waals surface area contributed by atoms with Gasteiger partial charge < -0.3 is 0 Å².